The van der Waals surface area contributed by atoms with Crippen LogP contribution in [0.4, 0.5) is 5.82 Å². The van der Waals surface area contributed by atoms with Crippen LogP contribution in [0.25, 0.3) is 5.78 Å². The Morgan fingerprint density at radius 1 is 1.44 bits per heavy atom. The van der Waals surface area contributed by atoms with Crippen LogP contribution in [-0.2, 0) is 0 Å². The number of fused-ring (bicyclic) bond motifs is 1. The number of anilines is 1. The van der Waals surface area contributed by atoms with Gasteiger partial charge in [0, 0.05) is 11.6 Å². The van der Waals surface area contributed by atoms with E-state index in [1.165, 1.54) is 25.6 Å². The predicted molar refractivity (Wildman–Crippen MR) is 71.0 cm³/mol. The molecule has 0 spiro atoms. The number of aromatic nitrogens is 4. The molecule has 96 valence electrons. The van der Waals surface area contributed by atoms with Crippen LogP contribution in [0.15, 0.2) is 6.33 Å². The zero-order valence-electron chi connectivity index (χ0n) is 10.5. The van der Waals surface area contributed by atoms with Crippen molar-refractivity contribution in [2.45, 2.75) is 39.2 Å². The lowest BCUT2D eigenvalue weighted by Crippen LogP contribution is -2.19. The molecule has 5 nitrogen and oxygen atoms in total. The number of hydrogen-bond acceptors (Lipinski definition) is 4. The van der Waals surface area contributed by atoms with Gasteiger partial charge in [0.25, 0.3) is 5.78 Å². The smallest absolute Gasteiger partial charge is 0.255 e. The van der Waals surface area contributed by atoms with Crippen molar-refractivity contribution in [1.29, 1.82) is 0 Å². The van der Waals surface area contributed by atoms with Gasteiger partial charge >= 0.3 is 0 Å². The van der Waals surface area contributed by atoms with E-state index >= 15 is 0 Å². The van der Waals surface area contributed by atoms with Crippen molar-refractivity contribution in [2.75, 3.05) is 5.32 Å². The lowest BCUT2D eigenvalue weighted by atomic mass is 10.1. The molecule has 1 aliphatic rings. The number of rotatable bonds is 2. The molecule has 0 bridgehead atoms. The summed E-state index contributed by atoms with van der Waals surface area (Å²) in [6.45, 7) is 4.25. The molecule has 18 heavy (non-hydrogen) atoms. The number of nitrogens with one attached hydrogen (secondary N) is 1. The summed E-state index contributed by atoms with van der Waals surface area (Å²) in [6.07, 6.45) is 5.16. The molecule has 2 atom stereocenters. The fraction of sp³-hybridized carbons (Fsp3) is 0.583. The lowest BCUT2D eigenvalue weighted by Gasteiger charge is -2.17. The quantitative estimate of drug-likeness (QED) is 0.849. The van der Waals surface area contributed by atoms with Gasteiger partial charge in [0.05, 0.1) is 0 Å². The Kier molecular flexibility index (Phi) is 2.86. The molecule has 2 unspecified atom stereocenters. The van der Waals surface area contributed by atoms with Crippen molar-refractivity contribution < 1.29 is 0 Å². The van der Waals surface area contributed by atoms with Crippen molar-refractivity contribution in [1.82, 2.24) is 19.6 Å². The Bertz CT molecular complexity index is 579. The SMILES string of the molecule is Cc1c(Cl)nc2ncnn2c1NC1CCC(C)C1. The molecular weight excluding hydrogens is 250 g/mol. The molecule has 0 amide bonds. The minimum atomic E-state index is 0.490. The minimum Gasteiger partial charge on any atom is -0.367 e. The van der Waals surface area contributed by atoms with E-state index in [4.69, 9.17) is 11.6 Å². The van der Waals surface area contributed by atoms with E-state index in [2.05, 4.69) is 27.3 Å². The van der Waals surface area contributed by atoms with Gasteiger partial charge < -0.3 is 5.32 Å². The first-order chi connectivity index (χ1) is 8.65. The summed E-state index contributed by atoms with van der Waals surface area (Å²) in [5.74, 6) is 2.24. The highest BCUT2D eigenvalue weighted by atomic mass is 35.5. The third-order valence-corrected chi connectivity index (χ3v) is 4.01. The normalized spacial score (nSPS) is 23.7. The maximum absolute atomic E-state index is 6.13. The van der Waals surface area contributed by atoms with Gasteiger partial charge in [0.1, 0.15) is 17.3 Å². The fourth-order valence-corrected chi connectivity index (χ4v) is 2.76. The molecule has 1 aliphatic carbocycles. The van der Waals surface area contributed by atoms with Crippen LogP contribution in [0.5, 0.6) is 0 Å². The van der Waals surface area contributed by atoms with Gasteiger partial charge in [-0.1, -0.05) is 18.5 Å². The van der Waals surface area contributed by atoms with E-state index in [0.29, 0.717) is 17.0 Å². The minimum absolute atomic E-state index is 0.490. The highest BCUT2D eigenvalue weighted by Gasteiger charge is 2.23. The Labute approximate surface area is 111 Å². The molecule has 0 saturated heterocycles. The Morgan fingerprint density at radius 3 is 3.00 bits per heavy atom. The summed E-state index contributed by atoms with van der Waals surface area (Å²) >= 11 is 6.13. The van der Waals surface area contributed by atoms with Gasteiger partial charge in [-0.2, -0.15) is 19.6 Å². The van der Waals surface area contributed by atoms with Crippen molar-refractivity contribution >= 4 is 23.2 Å². The van der Waals surface area contributed by atoms with E-state index in [1.54, 1.807) is 4.52 Å². The van der Waals surface area contributed by atoms with E-state index in [1.807, 2.05) is 6.92 Å². The number of halogens is 1. The third kappa shape index (κ3) is 1.92. The average molecular weight is 266 g/mol. The van der Waals surface area contributed by atoms with Gasteiger partial charge in [0.15, 0.2) is 0 Å². The van der Waals surface area contributed by atoms with E-state index in [-0.39, 0.29) is 0 Å². The fourth-order valence-electron chi connectivity index (χ4n) is 2.60. The van der Waals surface area contributed by atoms with Crippen LogP contribution in [0, 0.1) is 12.8 Å². The van der Waals surface area contributed by atoms with Gasteiger partial charge in [0.2, 0.25) is 0 Å². The maximum Gasteiger partial charge on any atom is 0.255 e. The molecular formula is C12H16ClN5. The lowest BCUT2D eigenvalue weighted by molar-refractivity contribution is 0.601. The molecule has 2 aromatic rings. The molecule has 1 saturated carbocycles. The topological polar surface area (TPSA) is 55.1 Å². The summed E-state index contributed by atoms with van der Waals surface area (Å²) in [4.78, 5) is 8.29. The summed E-state index contributed by atoms with van der Waals surface area (Å²) < 4.78 is 1.73. The van der Waals surface area contributed by atoms with Crippen molar-refractivity contribution in [2.24, 2.45) is 5.92 Å². The standard InChI is InChI=1S/C12H16ClN5/c1-7-3-4-9(5-7)16-11-8(2)10(13)17-12-14-6-15-18(11)12/h6-7,9,16H,3-5H2,1-2H3. The first-order valence-electron chi connectivity index (χ1n) is 6.27. The van der Waals surface area contributed by atoms with Crippen LogP contribution in [0.2, 0.25) is 5.15 Å². The summed E-state index contributed by atoms with van der Waals surface area (Å²) in [7, 11) is 0. The Balaban J connectivity index is 1.99. The average Bonchev–Trinajstić information content (AvgIpc) is 2.93. The Morgan fingerprint density at radius 2 is 2.28 bits per heavy atom. The molecule has 1 N–H and O–H groups in total. The highest BCUT2D eigenvalue weighted by molar-refractivity contribution is 6.30. The van der Waals surface area contributed by atoms with Crippen LogP contribution >= 0.6 is 11.6 Å². The van der Waals surface area contributed by atoms with Crippen LogP contribution in [-0.4, -0.2) is 25.6 Å². The zero-order valence-corrected chi connectivity index (χ0v) is 11.3. The second-order valence-electron chi connectivity index (χ2n) is 5.11. The van der Waals surface area contributed by atoms with Crippen molar-refractivity contribution in [3.05, 3.63) is 17.0 Å². The van der Waals surface area contributed by atoms with Crippen LogP contribution in [0.3, 0.4) is 0 Å². The van der Waals surface area contributed by atoms with Gasteiger partial charge in [-0.25, -0.2) is 0 Å². The first-order valence-corrected chi connectivity index (χ1v) is 6.65. The molecule has 2 heterocycles. The summed E-state index contributed by atoms with van der Waals surface area (Å²) in [5.41, 5.74) is 0.925. The summed E-state index contributed by atoms with van der Waals surface area (Å²) in [6, 6.07) is 0.490. The van der Waals surface area contributed by atoms with Crippen LogP contribution < -0.4 is 5.32 Å². The molecule has 1 fully saturated rings. The van der Waals surface area contributed by atoms with E-state index < -0.39 is 0 Å². The predicted octanol–water partition coefficient (Wildman–Crippen LogP) is 2.69. The number of hydrogen-bond donors (Lipinski definition) is 1. The zero-order chi connectivity index (χ0) is 12.7. The first kappa shape index (κ1) is 11.7. The van der Waals surface area contributed by atoms with E-state index in [0.717, 1.165) is 17.3 Å². The van der Waals surface area contributed by atoms with E-state index in [9.17, 15) is 0 Å². The molecule has 6 heteroatoms. The molecule has 0 aromatic carbocycles. The molecule has 0 radical (unpaired) electrons. The largest absolute Gasteiger partial charge is 0.367 e. The number of nitrogens with zero attached hydrogens (tertiary/aromatic N) is 4. The highest BCUT2D eigenvalue weighted by Crippen LogP contribution is 2.29. The van der Waals surface area contributed by atoms with Crippen LogP contribution in [0.1, 0.15) is 31.7 Å². The van der Waals surface area contributed by atoms with Gasteiger partial charge in [-0.05, 0) is 32.1 Å². The summed E-state index contributed by atoms with van der Waals surface area (Å²) in [5, 5.41) is 8.24. The maximum atomic E-state index is 6.13. The molecule has 2 aromatic heterocycles. The van der Waals surface area contributed by atoms with Crippen molar-refractivity contribution in [3.63, 3.8) is 0 Å². The monoisotopic (exact) mass is 265 g/mol. The third-order valence-electron chi connectivity index (χ3n) is 3.64. The Hall–Kier alpha value is -1.36. The second kappa shape index (κ2) is 4.39. The second-order valence-corrected chi connectivity index (χ2v) is 5.47. The molecule has 3 rings (SSSR count). The molecule has 0 aliphatic heterocycles. The van der Waals surface area contributed by atoms with Gasteiger partial charge in [-0.15, -0.1) is 0 Å². The van der Waals surface area contributed by atoms with Crippen molar-refractivity contribution in [3.8, 4) is 0 Å². The van der Waals surface area contributed by atoms with Gasteiger partial charge in [-0.3, -0.25) is 0 Å².